The van der Waals surface area contributed by atoms with E-state index in [1.165, 1.54) is 0 Å². The molecule has 0 saturated carbocycles. The number of hydrogen-bond donors (Lipinski definition) is 6. The molecule has 0 aliphatic rings. The number of phenolic OH excluding ortho intramolecular Hbond substituents is 6. The highest BCUT2D eigenvalue weighted by molar-refractivity contribution is 5.54. The number of ether oxygens (including phenoxy) is 1. The number of aryl methyl sites for hydroxylation is 4. The van der Waals surface area contributed by atoms with Crippen LogP contribution in [0.1, 0.15) is 74.4 Å². The van der Waals surface area contributed by atoms with Crippen molar-refractivity contribution in [3.63, 3.8) is 0 Å². The fourth-order valence-electron chi connectivity index (χ4n) is 6.49. The van der Waals surface area contributed by atoms with Gasteiger partial charge in [0.05, 0.1) is 6.61 Å². The van der Waals surface area contributed by atoms with Crippen LogP contribution in [0.4, 0.5) is 0 Å². The summed E-state index contributed by atoms with van der Waals surface area (Å²) in [6, 6.07) is 34.5. The van der Waals surface area contributed by atoms with Gasteiger partial charge in [0, 0.05) is 11.8 Å². The summed E-state index contributed by atoms with van der Waals surface area (Å²) in [6.07, 6.45) is 0. The minimum absolute atomic E-state index is 0.0979. The van der Waals surface area contributed by atoms with Gasteiger partial charge in [0.2, 0.25) is 0 Å². The quantitative estimate of drug-likeness (QED) is 0.0881. The Morgan fingerprint density at radius 2 is 0.843 bits per heavy atom. The molecule has 0 bridgehead atoms. The van der Waals surface area contributed by atoms with Crippen molar-refractivity contribution in [3.05, 3.63) is 171 Å². The molecule has 6 aromatic carbocycles. The summed E-state index contributed by atoms with van der Waals surface area (Å²) >= 11 is 0. The molecule has 262 valence electrons. The van der Waals surface area contributed by atoms with Crippen molar-refractivity contribution in [2.24, 2.45) is 0 Å². The van der Waals surface area contributed by atoms with Crippen molar-refractivity contribution < 1.29 is 35.4 Å². The van der Waals surface area contributed by atoms with Crippen LogP contribution in [-0.2, 0) is 0 Å². The summed E-state index contributed by atoms with van der Waals surface area (Å²) in [7, 11) is 0. The zero-order valence-corrected chi connectivity index (χ0v) is 29.4. The molecule has 6 N–H and O–H groups in total. The zero-order chi connectivity index (χ0) is 36.8. The van der Waals surface area contributed by atoms with E-state index in [4.69, 9.17) is 4.74 Å². The van der Waals surface area contributed by atoms with Crippen molar-refractivity contribution in [2.45, 2.75) is 46.5 Å². The van der Waals surface area contributed by atoms with Crippen LogP contribution in [0.15, 0.2) is 115 Å². The zero-order valence-electron chi connectivity index (χ0n) is 29.4. The largest absolute Gasteiger partial charge is 0.508 e. The lowest BCUT2D eigenvalue weighted by Gasteiger charge is -2.22. The minimum atomic E-state index is -0.124. The maximum absolute atomic E-state index is 10.1. The maximum Gasteiger partial charge on any atom is 0.161 e. The topological polar surface area (TPSA) is 131 Å². The minimum Gasteiger partial charge on any atom is -0.508 e. The number of aromatic hydroxyl groups is 6. The molecule has 0 unspecified atom stereocenters. The molecule has 0 fully saturated rings. The predicted molar refractivity (Wildman–Crippen MR) is 201 cm³/mol. The molecule has 0 radical (unpaired) electrons. The lowest BCUT2D eigenvalue weighted by molar-refractivity contribution is 0.317. The molecular formula is C44H44O7. The predicted octanol–water partition coefficient (Wildman–Crippen LogP) is 9.60. The lowest BCUT2D eigenvalue weighted by atomic mass is 9.82. The van der Waals surface area contributed by atoms with Gasteiger partial charge in [0.1, 0.15) is 28.7 Å². The molecule has 0 atom stereocenters. The molecule has 0 heterocycles. The summed E-state index contributed by atoms with van der Waals surface area (Å²) in [5, 5.41) is 59.4. The Morgan fingerprint density at radius 1 is 0.431 bits per heavy atom. The molecular weight excluding hydrogens is 640 g/mol. The van der Waals surface area contributed by atoms with E-state index in [-0.39, 0.29) is 34.8 Å². The SMILES string of the molecule is CCOc1cc(C(c2ccc(O)cc2)c2ccc(O)cc2)ccc1O.Cc1cc(C(c2cccc(O)c2)c2cc(C)c(O)c(C)c2)cc(C)c1O. The van der Waals surface area contributed by atoms with E-state index < -0.39 is 0 Å². The molecule has 0 aliphatic carbocycles. The Bertz CT molecular complexity index is 1970. The number of benzene rings is 6. The van der Waals surface area contributed by atoms with E-state index in [1.807, 2.05) is 107 Å². The molecule has 0 aliphatic heterocycles. The average Bonchev–Trinajstić information content (AvgIpc) is 3.10. The first-order valence-corrected chi connectivity index (χ1v) is 16.8. The van der Waals surface area contributed by atoms with Crippen molar-refractivity contribution in [1.29, 1.82) is 0 Å². The Morgan fingerprint density at radius 3 is 1.27 bits per heavy atom. The maximum atomic E-state index is 10.1. The van der Waals surface area contributed by atoms with Gasteiger partial charge in [-0.25, -0.2) is 0 Å². The van der Waals surface area contributed by atoms with Crippen molar-refractivity contribution in [1.82, 2.24) is 0 Å². The van der Waals surface area contributed by atoms with Gasteiger partial charge in [-0.05, 0) is 139 Å². The third-order valence-electron chi connectivity index (χ3n) is 8.97. The second-order valence-corrected chi connectivity index (χ2v) is 12.8. The summed E-state index contributed by atoms with van der Waals surface area (Å²) in [5.74, 6) is 1.53. The fourth-order valence-corrected chi connectivity index (χ4v) is 6.49. The number of hydrogen-bond acceptors (Lipinski definition) is 7. The summed E-state index contributed by atoms with van der Waals surface area (Å²) in [6.45, 7) is 9.87. The lowest BCUT2D eigenvalue weighted by Crippen LogP contribution is -2.05. The van der Waals surface area contributed by atoms with Crippen LogP contribution in [0.5, 0.6) is 40.2 Å². The van der Waals surface area contributed by atoms with Crippen molar-refractivity contribution in [2.75, 3.05) is 6.61 Å². The first kappa shape index (κ1) is 36.2. The number of phenols is 6. The van der Waals surface area contributed by atoms with E-state index in [2.05, 4.69) is 0 Å². The van der Waals surface area contributed by atoms with E-state index in [1.54, 1.807) is 42.5 Å². The first-order chi connectivity index (χ1) is 24.4. The summed E-state index contributed by atoms with van der Waals surface area (Å²) in [5.41, 5.74) is 9.20. The normalized spacial score (nSPS) is 11.0. The highest BCUT2D eigenvalue weighted by Gasteiger charge is 2.22. The number of rotatable bonds is 8. The van der Waals surface area contributed by atoms with Crippen LogP contribution < -0.4 is 4.74 Å². The van der Waals surface area contributed by atoms with E-state index in [0.29, 0.717) is 23.9 Å². The Balaban J connectivity index is 0.000000198. The molecule has 7 heteroatoms. The molecule has 0 amide bonds. The Hall–Kier alpha value is -6.08. The fraction of sp³-hybridized carbons (Fsp3) is 0.182. The third kappa shape index (κ3) is 8.39. The van der Waals surface area contributed by atoms with Gasteiger partial charge in [0.25, 0.3) is 0 Å². The first-order valence-electron chi connectivity index (χ1n) is 16.8. The molecule has 6 aromatic rings. The molecule has 0 aromatic heterocycles. The second-order valence-electron chi connectivity index (χ2n) is 12.8. The summed E-state index contributed by atoms with van der Waals surface area (Å²) < 4.78 is 5.51. The van der Waals surface area contributed by atoms with E-state index in [9.17, 15) is 30.6 Å². The standard InChI is InChI=1S/C23H24O3.C21H20O4/c1-13-8-18(9-14(2)22(13)25)21(17-6-5-7-20(24)12-17)19-10-15(3)23(26)16(4)11-19;1-2-25-20-13-16(7-12-19(20)24)21(14-3-8-17(22)9-4-14)15-5-10-18(23)11-6-15/h5-12,21,24-26H,1-4H3;3-13,21-24H,2H2,1H3. The summed E-state index contributed by atoms with van der Waals surface area (Å²) in [4.78, 5) is 0. The van der Waals surface area contributed by atoms with Crippen LogP contribution in [0.2, 0.25) is 0 Å². The monoisotopic (exact) mass is 684 g/mol. The van der Waals surface area contributed by atoms with Gasteiger partial charge in [-0.2, -0.15) is 0 Å². The van der Waals surface area contributed by atoms with Gasteiger partial charge in [-0.3, -0.25) is 0 Å². The van der Waals surface area contributed by atoms with Gasteiger partial charge in [-0.15, -0.1) is 0 Å². The van der Waals surface area contributed by atoms with Gasteiger partial charge in [0.15, 0.2) is 11.5 Å². The molecule has 7 nitrogen and oxygen atoms in total. The molecule has 6 rings (SSSR count). The van der Waals surface area contributed by atoms with Gasteiger partial charge >= 0.3 is 0 Å². The Kier molecular flexibility index (Phi) is 11.1. The smallest absolute Gasteiger partial charge is 0.161 e. The van der Waals surface area contributed by atoms with Crippen molar-refractivity contribution >= 4 is 0 Å². The van der Waals surface area contributed by atoms with E-state index in [0.717, 1.165) is 55.6 Å². The van der Waals surface area contributed by atoms with Crippen LogP contribution in [-0.4, -0.2) is 37.2 Å². The van der Waals surface area contributed by atoms with Crippen LogP contribution in [0.25, 0.3) is 0 Å². The molecule has 0 spiro atoms. The third-order valence-corrected chi connectivity index (χ3v) is 8.97. The van der Waals surface area contributed by atoms with Crippen LogP contribution in [0.3, 0.4) is 0 Å². The van der Waals surface area contributed by atoms with Gasteiger partial charge < -0.3 is 35.4 Å². The molecule has 51 heavy (non-hydrogen) atoms. The second kappa shape index (κ2) is 15.6. The van der Waals surface area contributed by atoms with Crippen molar-refractivity contribution in [3.8, 4) is 40.2 Å². The Labute approximate surface area is 299 Å². The average molecular weight is 685 g/mol. The highest BCUT2D eigenvalue weighted by atomic mass is 16.5. The van der Waals surface area contributed by atoms with E-state index >= 15 is 0 Å². The van der Waals surface area contributed by atoms with Gasteiger partial charge in [-0.1, -0.05) is 66.7 Å². The molecule has 0 saturated heterocycles. The van der Waals surface area contributed by atoms with Crippen LogP contribution >= 0.6 is 0 Å². The highest BCUT2D eigenvalue weighted by Crippen LogP contribution is 2.40. The van der Waals surface area contributed by atoms with Crippen LogP contribution in [0, 0.1) is 27.7 Å².